The number of ether oxygens (including phenoxy) is 1. The first-order valence-electron chi connectivity index (χ1n) is 7.03. The predicted octanol–water partition coefficient (Wildman–Crippen LogP) is 1.83. The lowest BCUT2D eigenvalue weighted by Gasteiger charge is -2.29. The van der Waals surface area contributed by atoms with E-state index in [0.717, 1.165) is 12.0 Å². The Hall–Kier alpha value is -0.120. The second kappa shape index (κ2) is 5.68. The largest absolute Gasteiger partial charge is 0.380 e. The average molecular weight is 240 g/mol. The summed E-state index contributed by atoms with van der Waals surface area (Å²) in [6.07, 6.45) is 7.68. The summed E-state index contributed by atoms with van der Waals surface area (Å²) in [6.45, 7) is 5.02. The van der Waals surface area contributed by atoms with Gasteiger partial charge < -0.3 is 14.5 Å². The van der Waals surface area contributed by atoms with E-state index >= 15 is 0 Å². The number of methoxy groups -OCH3 is 1. The lowest BCUT2D eigenvalue weighted by Crippen LogP contribution is -2.32. The average Bonchev–Trinajstić information content (AvgIpc) is 2.90. The molecule has 2 aliphatic heterocycles. The van der Waals surface area contributed by atoms with Crippen molar-refractivity contribution in [3.05, 3.63) is 0 Å². The van der Waals surface area contributed by atoms with Crippen molar-refractivity contribution >= 4 is 0 Å². The van der Waals surface area contributed by atoms with Crippen molar-refractivity contribution < 1.29 is 4.74 Å². The van der Waals surface area contributed by atoms with Gasteiger partial charge in [-0.3, -0.25) is 0 Å². The van der Waals surface area contributed by atoms with E-state index in [-0.39, 0.29) is 0 Å². The maximum absolute atomic E-state index is 5.14. The molecule has 0 aromatic rings. The van der Waals surface area contributed by atoms with Gasteiger partial charge in [0.15, 0.2) is 0 Å². The van der Waals surface area contributed by atoms with Gasteiger partial charge in [-0.25, -0.2) is 0 Å². The van der Waals surface area contributed by atoms with Gasteiger partial charge in [-0.1, -0.05) is 0 Å². The predicted molar refractivity (Wildman–Crippen MR) is 71.3 cm³/mol. The van der Waals surface area contributed by atoms with E-state index in [0.29, 0.717) is 6.10 Å². The van der Waals surface area contributed by atoms with Gasteiger partial charge in [0.1, 0.15) is 0 Å². The van der Waals surface area contributed by atoms with Crippen LogP contribution in [0.3, 0.4) is 0 Å². The summed E-state index contributed by atoms with van der Waals surface area (Å²) in [5.74, 6) is 0. The molecule has 3 aliphatic rings. The molecule has 100 valence electrons. The third-order valence-electron chi connectivity index (χ3n) is 4.49. The Morgan fingerprint density at radius 2 is 1.82 bits per heavy atom. The molecule has 3 fully saturated rings. The topological polar surface area (TPSA) is 15.7 Å². The van der Waals surface area contributed by atoms with Gasteiger partial charge in [0, 0.05) is 26.7 Å². The van der Waals surface area contributed by atoms with Gasteiger partial charge in [-0.15, -0.1) is 0 Å². The van der Waals surface area contributed by atoms with E-state index in [1.807, 2.05) is 0 Å². The Morgan fingerprint density at radius 3 is 2.18 bits per heavy atom. The molecule has 1 aliphatic carbocycles. The van der Waals surface area contributed by atoms with Crippen LogP contribution in [0.15, 0.2) is 0 Å². The fraction of sp³-hybridized carbons (Fsp3) is 1.00. The van der Waals surface area contributed by atoms with Crippen molar-refractivity contribution in [2.45, 2.75) is 38.2 Å². The Bertz CT molecular complexity index is 240. The molecule has 3 rings (SSSR count). The van der Waals surface area contributed by atoms with Gasteiger partial charge in [0.25, 0.3) is 0 Å². The zero-order valence-corrected chi connectivity index (χ0v) is 11.7. The monoisotopic (exact) mass is 240 g/mol. The molecule has 3 nitrogen and oxygen atoms in total. The van der Waals surface area contributed by atoms with Crippen LogP contribution in [-0.4, -0.2) is 63.3 Å². The molecule has 0 bridgehead atoms. The van der Waals surface area contributed by atoms with Gasteiger partial charge in [0.05, 0.1) is 6.10 Å². The highest BCUT2D eigenvalue weighted by molar-refractivity contribution is 4.97. The zero-order chi connectivity index (χ0) is 12.3. The number of hydrogen-bond donors (Lipinski definition) is 0. The minimum absolute atomic E-state index is 0.500. The molecule has 0 N–H and O–H groups in total. The van der Waals surface area contributed by atoms with E-state index in [2.05, 4.69) is 23.9 Å². The second-order valence-electron chi connectivity index (χ2n) is 6.25. The smallest absolute Gasteiger partial charge is 0.0710 e. The molecular formula is C14H28N2O. The van der Waals surface area contributed by atoms with Crippen LogP contribution >= 0.6 is 0 Å². The number of likely N-dealkylation sites (N-methyl/N-ethyl adjacent to an activating group) is 1. The molecule has 1 unspecified atom stereocenters. The molecule has 1 spiro atoms. The van der Waals surface area contributed by atoms with Crippen molar-refractivity contribution in [3.63, 3.8) is 0 Å². The molecule has 2 heterocycles. The Balaban J connectivity index is 0.000000128. The molecule has 2 saturated heterocycles. The van der Waals surface area contributed by atoms with Gasteiger partial charge in [-0.2, -0.15) is 0 Å². The lowest BCUT2D eigenvalue weighted by molar-refractivity contribution is 0.111. The van der Waals surface area contributed by atoms with Crippen LogP contribution in [0.2, 0.25) is 0 Å². The first-order chi connectivity index (χ1) is 8.13. The van der Waals surface area contributed by atoms with Crippen molar-refractivity contribution in [1.29, 1.82) is 0 Å². The second-order valence-corrected chi connectivity index (χ2v) is 6.25. The number of nitrogens with zero attached hydrogens (tertiary/aromatic N) is 2. The molecule has 0 radical (unpaired) electrons. The maximum atomic E-state index is 5.14. The fourth-order valence-electron chi connectivity index (χ4n) is 3.13. The number of hydrogen-bond acceptors (Lipinski definition) is 3. The first-order valence-corrected chi connectivity index (χ1v) is 7.03. The van der Waals surface area contributed by atoms with E-state index in [9.17, 15) is 0 Å². The maximum Gasteiger partial charge on any atom is 0.0710 e. The summed E-state index contributed by atoms with van der Waals surface area (Å²) in [5.41, 5.74) is 0.826. The molecule has 1 saturated carbocycles. The third-order valence-corrected chi connectivity index (χ3v) is 4.49. The molecule has 1 atom stereocenters. The van der Waals surface area contributed by atoms with Crippen molar-refractivity contribution in [3.8, 4) is 0 Å². The van der Waals surface area contributed by atoms with Crippen LogP contribution in [0, 0.1) is 5.41 Å². The van der Waals surface area contributed by atoms with E-state index < -0.39 is 0 Å². The molecule has 0 amide bonds. The van der Waals surface area contributed by atoms with E-state index in [1.54, 1.807) is 7.11 Å². The Labute approximate surface area is 106 Å². The van der Waals surface area contributed by atoms with E-state index in [1.165, 1.54) is 51.7 Å². The third kappa shape index (κ3) is 3.94. The van der Waals surface area contributed by atoms with Crippen molar-refractivity contribution in [2.24, 2.45) is 5.41 Å². The van der Waals surface area contributed by atoms with E-state index in [4.69, 9.17) is 4.74 Å². The van der Waals surface area contributed by atoms with Gasteiger partial charge in [0.2, 0.25) is 0 Å². The Morgan fingerprint density at radius 1 is 1.06 bits per heavy atom. The van der Waals surface area contributed by atoms with Gasteiger partial charge >= 0.3 is 0 Å². The van der Waals surface area contributed by atoms with Crippen molar-refractivity contribution in [1.82, 2.24) is 9.80 Å². The summed E-state index contributed by atoms with van der Waals surface area (Å²) in [5, 5.41) is 0. The van der Waals surface area contributed by atoms with Crippen LogP contribution in [0.4, 0.5) is 0 Å². The highest BCUT2D eigenvalue weighted by Gasteiger charge is 2.44. The lowest BCUT2D eigenvalue weighted by atomic mass is 9.96. The van der Waals surface area contributed by atoms with Crippen molar-refractivity contribution in [2.75, 3.05) is 47.4 Å². The number of piperidine rings is 1. The van der Waals surface area contributed by atoms with Crippen LogP contribution in [0.5, 0.6) is 0 Å². The summed E-state index contributed by atoms with van der Waals surface area (Å²) in [6, 6.07) is 0. The molecule has 0 aromatic carbocycles. The number of likely N-dealkylation sites (tertiary alicyclic amines) is 2. The summed E-state index contributed by atoms with van der Waals surface area (Å²) in [7, 11) is 6.15. The summed E-state index contributed by atoms with van der Waals surface area (Å²) >= 11 is 0. The minimum Gasteiger partial charge on any atom is -0.380 e. The Kier molecular flexibility index (Phi) is 4.45. The van der Waals surface area contributed by atoms with Crippen LogP contribution in [0.25, 0.3) is 0 Å². The highest BCUT2D eigenvalue weighted by atomic mass is 16.5. The summed E-state index contributed by atoms with van der Waals surface area (Å²) in [4.78, 5) is 4.77. The van der Waals surface area contributed by atoms with Gasteiger partial charge in [-0.05, 0) is 58.2 Å². The molecule has 17 heavy (non-hydrogen) atoms. The highest BCUT2D eigenvalue weighted by Crippen LogP contribution is 2.51. The van der Waals surface area contributed by atoms with Crippen LogP contribution in [-0.2, 0) is 4.74 Å². The van der Waals surface area contributed by atoms with Crippen LogP contribution < -0.4 is 0 Å². The normalized spacial score (nSPS) is 32.3. The molecular weight excluding hydrogens is 212 g/mol. The molecule has 0 aromatic heterocycles. The van der Waals surface area contributed by atoms with Crippen LogP contribution in [0.1, 0.15) is 32.1 Å². The number of rotatable bonds is 1. The standard InChI is InChI=1S/C8H15N.C6H13NO/c1-9-6-2-3-8(7-9)4-5-8;1-7-4-3-6(5-7)8-2/h2-7H2,1H3;6H,3-5H2,1-2H3. The zero-order valence-electron chi connectivity index (χ0n) is 11.7. The fourth-order valence-corrected chi connectivity index (χ4v) is 3.13. The minimum atomic E-state index is 0.500. The molecule has 3 heteroatoms. The summed E-state index contributed by atoms with van der Waals surface area (Å²) < 4.78 is 5.14. The quantitative estimate of drug-likeness (QED) is 0.695. The first kappa shape index (κ1) is 13.3. The SMILES string of the molecule is CN1CCCC2(CC2)C1.COC1CCN(C)C1.